The summed E-state index contributed by atoms with van der Waals surface area (Å²) in [4.78, 5) is 25.6. The minimum atomic E-state index is 0.0738. The maximum atomic E-state index is 12.5. The summed E-state index contributed by atoms with van der Waals surface area (Å²) in [5, 5.41) is 0.237. The van der Waals surface area contributed by atoms with Gasteiger partial charge in [0.05, 0.1) is 0 Å². The number of carbonyl (C=O) groups excluding carboxylic acids is 2. The second kappa shape index (κ2) is 14.9. The fraction of sp³-hybridized carbons (Fsp3) is 0.481. The molecule has 0 atom stereocenters. The summed E-state index contributed by atoms with van der Waals surface area (Å²) < 4.78 is 0. The zero-order valence-electron chi connectivity index (χ0n) is 19.1. The van der Waals surface area contributed by atoms with Crippen molar-refractivity contribution in [1.82, 2.24) is 0 Å². The van der Waals surface area contributed by atoms with E-state index in [1.165, 1.54) is 63.1 Å². The van der Waals surface area contributed by atoms with Gasteiger partial charge >= 0.3 is 0 Å². The highest BCUT2D eigenvalue weighted by atomic mass is 32.2. The molecule has 0 N–H and O–H groups in total. The van der Waals surface area contributed by atoms with Crippen LogP contribution in [0.25, 0.3) is 0 Å². The van der Waals surface area contributed by atoms with Crippen molar-refractivity contribution in [3.63, 3.8) is 0 Å². The largest absolute Gasteiger partial charge is 0.375 e. The highest BCUT2D eigenvalue weighted by Crippen LogP contribution is 2.18. The second-order valence-electron chi connectivity index (χ2n) is 8.19. The van der Waals surface area contributed by atoms with Crippen LogP contribution in [-0.2, 0) is 4.79 Å². The predicted octanol–water partition coefficient (Wildman–Crippen LogP) is 7.14. The fourth-order valence-corrected chi connectivity index (χ4v) is 4.29. The Labute approximate surface area is 192 Å². The van der Waals surface area contributed by atoms with Gasteiger partial charge in [0.2, 0.25) is 0 Å². The van der Waals surface area contributed by atoms with Gasteiger partial charge < -0.3 is 4.90 Å². The minimum Gasteiger partial charge on any atom is -0.375 e. The van der Waals surface area contributed by atoms with E-state index in [0.29, 0.717) is 0 Å². The third kappa shape index (κ3) is 10.2. The van der Waals surface area contributed by atoms with Crippen LogP contribution in [0.1, 0.15) is 80.6 Å². The van der Waals surface area contributed by atoms with Gasteiger partial charge in [-0.1, -0.05) is 87.0 Å². The molecule has 0 aliphatic carbocycles. The average Bonchev–Trinajstić information content (AvgIpc) is 2.79. The highest BCUT2D eigenvalue weighted by Gasteiger charge is 2.09. The molecule has 4 heteroatoms. The maximum absolute atomic E-state index is 12.5. The van der Waals surface area contributed by atoms with Crippen LogP contribution in [0.15, 0.2) is 54.6 Å². The van der Waals surface area contributed by atoms with Crippen molar-refractivity contribution in [2.45, 2.75) is 64.7 Å². The van der Waals surface area contributed by atoms with Crippen molar-refractivity contribution in [2.24, 2.45) is 0 Å². The lowest BCUT2D eigenvalue weighted by Crippen LogP contribution is -2.18. The van der Waals surface area contributed by atoms with Crippen molar-refractivity contribution in [2.75, 3.05) is 24.2 Å². The van der Waals surface area contributed by atoms with E-state index in [-0.39, 0.29) is 10.9 Å². The first-order valence-corrected chi connectivity index (χ1v) is 12.6. The molecule has 2 aromatic rings. The van der Waals surface area contributed by atoms with Gasteiger partial charge in [0.25, 0.3) is 0 Å². The molecule has 0 aliphatic heterocycles. The van der Waals surface area contributed by atoms with Crippen molar-refractivity contribution >= 4 is 28.3 Å². The molecule has 168 valence electrons. The van der Waals surface area contributed by atoms with E-state index >= 15 is 0 Å². The molecule has 0 radical (unpaired) electrons. The zero-order chi connectivity index (χ0) is 22.3. The molecule has 0 heterocycles. The minimum absolute atomic E-state index is 0.0738. The highest BCUT2D eigenvalue weighted by molar-refractivity contribution is 8.13. The molecule has 0 unspecified atom stereocenters. The Morgan fingerprint density at radius 2 is 1.23 bits per heavy atom. The Balaban J connectivity index is 1.54. The van der Waals surface area contributed by atoms with Gasteiger partial charge in [-0.25, -0.2) is 0 Å². The predicted molar refractivity (Wildman–Crippen MR) is 134 cm³/mol. The molecule has 0 saturated carbocycles. The van der Waals surface area contributed by atoms with Crippen LogP contribution in [0.5, 0.6) is 0 Å². The molecule has 3 nitrogen and oxygen atoms in total. The van der Waals surface area contributed by atoms with E-state index in [4.69, 9.17) is 0 Å². The number of hydrogen-bond acceptors (Lipinski definition) is 4. The number of unbranched alkanes of at least 4 members (excludes halogenated alkanes) is 8. The summed E-state index contributed by atoms with van der Waals surface area (Å²) in [5.74, 6) is 1.05. The van der Waals surface area contributed by atoms with Gasteiger partial charge in [0.15, 0.2) is 10.9 Å². The van der Waals surface area contributed by atoms with Crippen LogP contribution in [0.4, 0.5) is 5.69 Å². The summed E-state index contributed by atoms with van der Waals surface area (Å²) in [5.41, 5.74) is 2.63. The van der Waals surface area contributed by atoms with E-state index in [0.717, 1.165) is 35.5 Å². The Bertz CT molecular complexity index is 774. The molecule has 0 amide bonds. The van der Waals surface area contributed by atoms with Crippen molar-refractivity contribution in [3.05, 3.63) is 65.7 Å². The number of ketones is 1. The zero-order valence-corrected chi connectivity index (χ0v) is 20.0. The van der Waals surface area contributed by atoms with Crippen molar-refractivity contribution in [3.8, 4) is 0 Å². The van der Waals surface area contributed by atoms with Crippen LogP contribution in [0.3, 0.4) is 0 Å². The lowest BCUT2D eigenvalue weighted by atomic mass is 10.0. The molecular formula is C27H37NO2S. The Morgan fingerprint density at radius 1 is 0.710 bits per heavy atom. The average molecular weight is 440 g/mol. The molecule has 0 aromatic heterocycles. The van der Waals surface area contributed by atoms with E-state index in [9.17, 15) is 9.59 Å². The molecule has 0 bridgehead atoms. The third-order valence-electron chi connectivity index (χ3n) is 5.55. The number of anilines is 1. The van der Waals surface area contributed by atoms with Gasteiger partial charge in [-0.05, 0) is 37.1 Å². The van der Waals surface area contributed by atoms with Gasteiger partial charge in [-0.15, -0.1) is 0 Å². The molecule has 0 aliphatic rings. The summed E-state index contributed by atoms with van der Waals surface area (Å²) in [6, 6.07) is 17.4. The molecule has 0 saturated heterocycles. The lowest BCUT2D eigenvalue weighted by molar-refractivity contribution is -0.109. The van der Waals surface area contributed by atoms with Crippen molar-refractivity contribution < 1.29 is 9.59 Å². The normalized spacial score (nSPS) is 10.8. The van der Waals surface area contributed by atoms with Gasteiger partial charge in [0, 0.05) is 43.1 Å². The first-order chi connectivity index (χ1) is 15.1. The van der Waals surface area contributed by atoms with E-state index in [1.54, 1.807) is 6.92 Å². The smallest absolute Gasteiger partial charge is 0.193 e. The standard InChI is InChI=1S/C27H37NO2S/c1-23(29)31-22-14-9-7-5-3-4-6-8-13-21-28(2)26-19-17-25(18-20-26)27(30)24-15-11-10-12-16-24/h10-12,15-20H,3-9,13-14,21-22H2,1-2H3. The Hall–Kier alpha value is -2.07. The number of carbonyl (C=O) groups is 2. The Morgan fingerprint density at radius 3 is 1.81 bits per heavy atom. The van der Waals surface area contributed by atoms with Crippen LogP contribution in [-0.4, -0.2) is 30.2 Å². The monoisotopic (exact) mass is 439 g/mol. The van der Waals surface area contributed by atoms with Crippen molar-refractivity contribution in [1.29, 1.82) is 0 Å². The van der Waals surface area contributed by atoms with E-state index < -0.39 is 0 Å². The number of hydrogen-bond donors (Lipinski definition) is 0. The molecule has 0 fully saturated rings. The topological polar surface area (TPSA) is 37.4 Å². The van der Waals surface area contributed by atoms with Crippen LogP contribution < -0.4 is 4.90 Å². The first-order valence-electron chi connectivity index (χ1n) is 11.6. The van der Waals surface area contributed by atoms with Crippen LogP contribution in [0.2, 0.25) is 0 Å². The Kier molecular flexibility index (Phi) is 12.1. The summed E-state index contributed by atoms with van der Waals surface area (Å²) >= 11 is 1.45. The maximum Gasteiger partial charge on any atom is 0.193 e. The van der Waals surface area contributed by atoms with Gasteiger partial charge in [0.1, 0.15) is 0 Å². The molecule has 2 rings (SSSR count). The number of thioether (sulfide) groups is 1. The van der Waals surface area contributed by atoms with E-state index in [1.807, 2.05) is 54.6 Å². The SMILES string of the molecule is CC(=O)SCCCCCCCCCCCN(C)c1ccc(C(=O)c2ccccc2)cc1. The fourth-order valence-electron chi connectivity index (χ4n) is 3.66. The van der Waals surface area contributed by atoms with E-state index in [2.05, 4.69) is 11.9 Å². The number of rotatable bonds is 15. The number of benzene rings is 2. The van der Waals surface area contributed by atoms with Gasteiger partial charge in [-0.3, -0.25) is 9.59 Å². The molecule has 0 spiro atoms. The molecule has 31 heavy (non-hydrogen) atoms. The summed E-state index contributed by atoms with van der Waals surface area (Å²) in [6.07, 6.45) is 11.4. The van der Waals surface area contributed by atoms with Crippen LogP contribution in [0, 0.1) is 0 Å². The third-order valence-corrected chi connectivity index (χ3v) is 6.45. The quantitative estimate of drug-likeness (QED) is 0.218. The summed E-state index contributed by atoms with van der Waals surface area (Å²) in [7, 11) is 2.12. The molecule has 2 aromatic carbocycles. The van der Waals surface area contributed by atoms with Crippen LogP contribution >= 0.6 is 11.8 Å². The van der Waals surface area contributed by atoms with Gasteiger partial charge in [-0.2, -0.15) is 0 Å². The lowest BCUT2D eigenvalue weighted by Gasteiger charge is -2.19. The molecular weight excluding hydrogens is 402 g/mol. The number of nitrogens with zero attached hydrogens (tertiary/aromatic N) is 1. The summed E-state index contributed by atoms with van der Waals surface area (Å²) in [6.45, 7) is 2.69. The first kappa shape index (κ1) is 25.2. The second-order valence-corrected chi connectivity index (χ2v) is 9.46.